The quantitative estimate of drug-likeness (QED) is 0.806. The van der Waals surface area contributed by atoms with Crippen LogP contribution in [-0.2, 0) is 4.74 Å². The fraction of sp³-hybridized carbons (Fsp3) is 0.882. The van der Waals surface area contributed by atoms with E-state index in [1.54, 1.807) is 4.90 Å². The SMILES string of the molecule is CC1CCCCC1NC(=O)N1CCN(C(=O)OC(C)(C)C)CC1. The Morgan fingerprint density at radius 1 is 1.00 bits per heavy atom. The third kappa shape index (κ3) is 5.29. The average molecular weight is 325 g/mol. The minimum atomic E-state index is -0.483. The van der Waals surface area contributed by atoms with Crippen molar-refractivity contribution < 1.29 is 14.3 Å². The summed E-state index contributed by atoms with van der Waals surface area (Å²) in [5.41, 5.74) is -0.483. The van der Waals surface area contributed by atoms with Crippen LogP contribution < -0.4 is 5.32 Å². The van der Waals surface area contributed by atoms with E-state index < -0.39 is 5.60 Å². The summed E-state index contributed by atoms with van der Waals surface area (Å²) in [7, 11) is 0. The first-order chi connectivity index (χ1) is 10.8. The molecule has 2 atom stereocenters. The number of ether oxygens (including phenoxy) is 1. The molecule has 132 valence electrons. The summed E-state index contributed by atoms with van der Waals surface area (Å²) in [5.74, 6) is 0.552. The third-order valence-electron chi connectivity index (χ3n) is 4.64. The lowest BCUT2D eigenvalue weighted by Gasteiger charge is -2.37. The highest BCUT2D eigenvalue weighted by atomic mass is 16.6. The summed E-state index contributed by atoms with van der Waals surface area (Å²) in [6.45, 7) is 9.98. The van der Waals surface area contributed by atoms with Crippen LogP contribution in [0.1, 0.15) is 53.4 Å². The molecule has 0 aromatic rings. The van der Waals surface area contributed by atoms with Gasteiger partial charge in [0.1, 0.15) is 5.60 Å². The minimum Gasteiger partial charge on any atom is -0.444 e. The Kier molecular flexibility index (Phi) is 5.76. The third-order valence-corrected chi connectivity index (χ3v) is 4.64. The van der Waals surface area contributed by atoms with Gasteiger partial charge in [-0.05, 0) is 39.5 Å². The largest absolute Gasteiger partial charge is 0.444 e. The van der Waals surface area contributed by atoms with E-state index in [1.165, 1.54) is 19.3 Å². The van der Waals surface area contributed by atoms with Crippen molar-refractivity contribution in [3.8, 4) is 0 Å². The molecular weight excluding hydrogens is 294 g/mol. The maximum Gasteiger partial charge on any atom is 0.410 e. The normalized spacial score (nSPS) is 25.9. The number of urea groups is 1. The zero-order valence-corrected chi connectivity index (χ0v) is 14.9. The molecular formula is C17H31N3O3. The Balaban J connectivity index is 1.77. The highest BCUT2D eigenvalue weighted by Gasteiger charge is 2.29. The number of nitrogens with zero attached hydrogens (tertiary/aromatic N) is 2. The van der Waals surface area contributed by atoms with Crippen molar-refractivity contribution in [1.29, 1.82) is 0 Å². The van der Waals surface area contributed by atoms with Crippen molar-refractivity contribution in [2.24, 2.45) is 5.92 Å². The summed E-state index contributed by atoms with van der Waals surface area (Å²) < 4.78 is 5.38. The van der Waals surface area contributed by atoms with Gasteiger partial charge < -0.3 is 19.9 Å². The van der Waals surface area contributed by atoms with Gasteiger partial charge in [-0.2, -0.15) is 0 Å². The van der Waals surface area contributed by atoms with Crippen LogP contribution in [-0.4, -0.2) is 59.7 Å². The molecule has 0 spiro atoms. The Morgan fingerprint density at radius 2 is 1.57 bits per heavy atom. The second kappa shape index (κ2) is 7.41. The molecule has 2 rings (SSSR count). The van der Waals surface area contributed by atoms with Gasteiger partial charge in [0.2, 0.25) is 0 Å². The Hall–Kier alpha value is -1.46. The number of hydrogen-bond acceptors (Lipinski definition) is 3. The van der Waals surface area contributed by atoms with Gasteiger partial charge in [0, 0.05) is 32.2 Å². The van der Waals surface area contributed by atoms with E-state index in [1.807, 2.05) is 25.7 Å². The number of hydrogen-bond donors (Lipinski definition) is 1. The predicted octanol–water partition coefficient (Wildman–Crippen LogP) is 2.83. The van der Waals surface area contributed by atoms with Crippen molar-refractivity contribution in [1.82, 2.24) is 15.1 Å². The lowest BCUT2D eigenvalue weighted by Crippen LogP contribution is -2.56. The van der Waals surface area contributed by atoms with Gasteiger partial charge in [-0.3, -0.25) is 0 Å². The van der Waals surface area contributed by atoms with Crippen LogP contribution in [0.3, 0.4) is 0 Å². The molecule has 1 heterocycles. The number of nitrogens with one attached hydrogen (secondary N) is 1. The molecule has 2 unspecified atom stereocenters. The van der Waals surface area contributed by atoms with Gasteiger partial charge in [0.25, 0.3) is 0 Å². The van der Waals surface area contributed by atoms with Crippen molar-refractivity contribution in [3.05, 3.63) is 0 Å². The molecule has 0 aromatic heterocycles. The smallest absolute Gasteiger partial charge is 0.410 e. The molecule has 0 aromatic carbocycles. The molecule has 3 amide bonds. The molecule has 6 nitrogen and oxygen atoms in total. The first kappa shape index (κ1) is 17.9. The molecule has 1 aliphatic heterocycles. The number of rotatable bonds is 1. The van der Waals surface area contributed by atoms with Crippen molar-refractivity contribution >= 4 is 12.1 Å². The molecule has 2 aliphatic rings. The standard InChI is InChI=1S/C17H31N3O3/c1-13-7-5-6-8-14(13)18-15(21)19-9-11-20(12-10-19)16(22)23-17(2,3)4/h13-14H,5-12H2,1-4H3,(H,18,21). The monoisotopic (exact) mass is 325 g/mol. The number of amides is 3. The molecule has 23 heavy (non-hydrogen) atoms. The first-order valence-corrected chi connectivity index (χ1v) is 8.79. The highest BCUT2D eigenvalue weighted by molar-refractivity contribution is 5.75. The Labute approximate surface area is 139 Å². The van der Waals surface area contributed by atoms with Crippen LogP contribution in [0, 0.1) is 5.92 Å². The van der Waals surface area contributed by atoms with Gasteiger partial charge in [-0.25, -0.2) is 9.59 Å². The fourth-order valence-corrected chi connectivity index (χ4v) is 3.20. The lowest BCUT2D eigenvalue weighted by molar-refractivity contribution is 0.0168. The van der Waals surface area contributed by atoms with E-state index in [9.17, 15) is 9.59 Å². The van der Waals surface area contributed by atoms with Crippen LogP contribution in [0.15, 0.2) is 0 Å². The molecule has 1 aliphatic carbocycles. The molecule has 2 fully saturated rings. The first-order valence-electron chi connectivity index (χ1n) is 8.79. The predicted molar refractivity (Wildman–Crippen MR) is 89.3 cm³/mol. The highest BCUT2D eigenvalue weighted by Crippen LogP contribution is 2.24. The fourth-order valence-electron chi connectivity index (χ4n) is 3.20. The zero-order valence-electron chi connectivity index (χ0n) is 14.9. The number of carbonyl (C=O) groups excluding carboxylic acids is 2. The molecule has 0 bridgehead atoms. The van der Waals surface area contributed by atoms with E-state index in [0.717, 1.165) is 6.42 Å². The summed E-state index contributed by atoms with van der Waals surface area (Å²) in [5, 5.41) is 3.17. The minimum absolute atomic E-state index is 0.00703. The van der Waals surface area contributed by atoms with Crippen LogP contribution in [0.25, 0.3) is 0 Å². The Bertz CT molecular complexity index is 425. The molecule has 1 saturated carbocycles. The van der Waals surface area contributed by atoms with E-state index in [4.69, 9.17) is 4.74 Å². The van der Waals surface area contributed by atoms with Gasteiger partial charge in [0.05, 0.1) is 0 Å². The average Bonchev–Trinajstić information content (AvgIpc) is 2.48. The van der Waals surface area contributed by atoms with Crippen molar-refractivity contribution in [2.45, 2.75) is 65.0 Å². The van der Waals surface area contributed by atoms with E-state index in [2.05, 4.69) is 12.2 Å². The summed E-state index contributed by atoms with van der Waals surface area (Å²) in [6, 6.07) is 0.299. The van der Waals surface area contributed by atoms with Gasteiger partial charge >= 0.3 is 12.1 Å². The summed E-state index contributed by atoms with van der Waals surface area (Å²) >= 11 is 0. The second-order valence-corrected chi connectivity index (χ2v) is 7.77. The number of piperazine rings is 1. The van der Waals surface area contributed by atoms with Crippen molar-refractivity contribution in [3.63, 3.8) is 0 Å². The van der Waals surface area contributed by atoms with Crippen LogP contribution in [0.5, 0.6) is 0 Å². The summed E-state index contributed by atoms with van der Waals surface area (Å²) in [6.07, 6.45) is 4.44. The van der Waals surface area contributed by atoms with Gasteiger partial charge in [-0.1, -0.05) is 19.8 Å². The molecule has 0 radical (unpaired) electrons. The molecule has 1 N–H and O–H groups in total. The summed E-state index contributed by atoms with van der Waals surface area (Å²) in [4.78, 5) is 27.9. The van der Waals surface area contributed by atoms with E-state index >= 15 is 0 Å². The maximum absolute atomic E-state index is 12.4. The van der Waals surface area contributed by atoms with E-state index in [-0.39, 0.29) is 12.1 Å². The van der Waals surface area contributed by atoms with Crippen LogP contribution in [0.2, 0.25) is 0 Å². The maximum atomic E-state index is 12.4. The lowest BCUT2D eigenvalue weighted by atomic mass is 9.86. The Morgan fingerprint density at radius 3 is 2.13 bits per heavy atom. The van der Waals surface area contributed by atoms with Gasteiger partial charge in [0.15, 0.2) is 0 Å². The van der Waals surface area contributed by atoms with Crippen LogP contribution in [0.4, 0.5) is 9.59 Å². The topological polar surface area (TPSA) is 61.9 Å². The second-order valence-electron chi connectivity index (χ2n) is 7.77. The number of carbonyl (C=O) groups is 2. The molecule has 6 heteroatoms. The van der Waals surface area contributed by atoms with Crippen molar-refractivity contribution in [2.75, 3.05) is 26.2 Å². The molecule has 1 saturated heterocycles. The van der Waals surface area contributed by atoms with E-state index in [0.29, 0.717) is 38.1 Å². The van der Waals surface area contributed by atoms with Crippen LogP contribution >= 0.6 is 0 Å². The van der Waals surface area contributed by atoms with Gasteiger partial charge in [-0.15, -0.1) is 0 Å². The zero-order chi connectivity index (χ0) is 17.0.